The van der Waals surface area contributed by atoms with E-state index in [0.29, 0.717) is 13.1 Å². The molecule has 0 bridgehead atoms. The third-order valence-corrected chi connectivity index (χ3v) is 8.34. The van der Waals surface area contributed by atoms with E-state index in [9.17, 15) is 9.18 Å². The molecule has 1 aliphatic heterocycles. The molecule has 32 heavy (non-hydrogen) atoms. The standard InChI is InChI=1S/C22H18FN5OS3/c23-15-3-1-14(2-4-15)19-24-16(13-31-19)12-26-5-7-27(8-6-26)21(29)18-11-17-20(32-18)25-22-28(17)9-10-30-22/h1-4,9-11,13H,5-8,12H2. The molecule has 1 saturated heterocycles. The summed E-state index contributed by atoms with van der Waals surface area (Å²) < 4.78 is 15.2. The van der Waals surface area contributed by atoms with Gasteiger partial charge >= 0.3 is 0 Å². The molecule has 1 aliphatic rings. The zero-order chi connectivity index (χ0) is 21.7. The summed E-state index contributed by atoms with van der Waals surface area (Å²) >= 11 is 4.65. The monoisotopic (exact) mass is 483 g/mol. The highest BCUT2D eigenvalue weighted by atomic mass is 32.1. The van der Waals surface area contributed by atoms with Gasteiger partial charge in [-0.25, -0.2) is 14.4 Å². The molecule has 5 heterocycles. The molecule has 1 aromatic carbocycles. The molecular weight excluding hydrogens is 465 g/mol. The number of piperazine rings is 1. The molecule has 1 fully saturated rings. The summed E-state index contributed by atoms with van der Waals surface area (Å²) in [6, 6.07) is 8.40. The number of nitrogens with zero attached hydrogens (tertiary/aromatic N) is 5. The van der Waals surface area contributed by atoms with E-state index in [-0.39, 0.29) is 11.7 Å². The maximum absolute atomic E-state index is 13.1. The lowest BCUT2D eigenvalue weighted by molar-refractivity contribution is 0.0632. The van der Waals surface area contributed by atoms with Crippen molar-refractivity contribution >= 4 is 55.2 Å². The van der Waals surface area contributed by atoms with E-state index in [2.05, 4.69) is 15.3 Å². The smallest absolute Gasteiger partial charge is 0.264 e. The third-order valence-electron chi connectivity index (χ3n) is 5.64. The maximum atomic E-state index is 13.1. The lowest BCUT2D eigenvalue weighted by atomic mass is 10.2. The molecule has 0 spiro atoms. The number of thiazole rings is 2. The Morgan fingerprint density at radius 1 is 1.06 bits per heavy atom. The molecular formula is C22H18FN5OS3. The van der Waals surface area contributed by atoms with Crippen LogP contribution in [0.25, 0.3) is 25.9 Å². The van der Waals surface area contributed by atoms with Gasteiger partial charge in [-0.05, 0) is 30.3 Å². The Kier molecular flexibility index (Phi) is 5.02. The van der Waals surface area contributed by atoms with Crippen molar-refractivity contribution in [3.63, 3.8) is 0 Å². The van der Waals surface area contributed by atoms with Crippen molar-refractivity contribution in [2.45, 2.75) is 6.54 Å². The maximum Gasteiger partial charge on any atom is 0.264 e. The van der Waals surface area contributed by atoms with Crippen LogP contribution >= 0.6 is 34.0 Å². The first kappa shape index (κ1) is 20.0. The molecule has 0 atom stereocenters. The minimum Gasteiger partial charge on any atom is -0.335 e. The van der Waals surface area contributed by atoms with Gasteiger partial charge in [0.15, 0.2) is 4.96 Å². The Morgan fingerprint density at radius 2 is 1.88 bits per heavy atom. The van der Waals surface area contributed by atoms with Crippen LogP contribution in [-0.2, 0) is 6.54 Å². The van der Waals surface area contributed by atoms with Crippen molar-refractivity contribution in [3.05, 3.63) is 63.7 Å². The van der Waals surface area contributed by atoms with Crippen molar-refractivity contribution in [2.75, 3.05) is 26.2 Å². The predicted octanol–water partition coefficient (Wildman–Crippen LogP) is 4.83. The van der Waals surface area contributed by atoms with Gasteiger partial charge in [-0.1, -0.05) is 0 Å². The number of halogens is 1. The van der Waals surface area contributed by atoms with E-state index in [1.54, 1.807) is 34.8 Å². The fraction of sp³-hybridized carbons (Fsp3) is 0.227. The first-order chi connectivity index (χ1) is 15.6. The summed E-state index contributed by atoms with van der Waals surface area (Å²) in [7, 11) is 0. The van der Waals surface area contributed by atoms with Gasteiger partial charge in [0.25, 0.3) is 5.91 Å². The second kappa shape index (κ2) is 8.04. The van der Waals surface area contributed by atoms with Crippen LogP contribution in [0.3, 0.4) is 0 Å². The van der Waals surface area contributed by atoms with Gasteiger partial charge in [0.2, 0.25) is 0 Å². The van der Waals surface area contributed by atoms with Crippen molar-refractivity contribution in [1.29, 1.82) is 0 Å². The van der Waals surface area contributed by atoms with Crippen molar-refractivity contribution < 1.29 is 9.18 Å². The minimum atomic E-state index is -0.241. The highest BCUT2D eigenvalue weighted by Gasteiger charge is 2.25. The van der Waals surface area contributed by atoms with Crippen LogP contribution in [-0.4, -0.2) is 56.3 Å². The summed E-state index contributed by atoms with van der Waals surface area (Å²) in [4.78, 5) is 29.2. The van der Waals surface area contributed by atoms with Crippen LogP contribution in [0.2, 0.25) is 0 Å². The molecule has 4 aromatic heterocycles. The predicted molar refractivity (Wildman–Crippen MR) is 127 cm³/mol. The van der Waals surface area contributed by atoms with Crippen LogP contribution in [0.4, 0.5) is 4.39 Å². The number of benzene rings is 1. The van der Waals surface area contributed by atoms with E-state index in [0.717, 1.165) is 56.1 Å². The second-order valence-electron chi connectivity index (χ2n) is 7.69. The lowest BCUT2D eigenvalue weighted by Crippen LogP contribution is -2.48. The topological polar surface area (TPSA) is 53.7 Å². The van der Waals surface area contributed by atoms with Gasteiger partial charge in [0.05, 0.1) is 16.1 Å². The highest BCUT2D eigenvalue weighted by Crippen LogP contribution is 2.29. The number of carbonyl (C=O) groups excluding carboxylic acids is 1. The molecule has 6 rings (SSSR count). The lowest BCUT2D eigenvalue weighted by Gasteiger charge is -2.34. The van der Waals surface area contributed by atoms with Crippen LogP contribution in [0.5, 0.6) is 0 Å². The normalized spacial score (nSPS) is 15.2. The van der Waals surface area contributed by atoms with Crippen LogP contribution in [0, 0.1) is 5.82 Å². The number of imidazole rings is 1. The van der Waals surface area contributed by atoms with Gasteiger partial charge in [0.1, 0.15) is 15.7 Å². The zero-order valence-electron chi connectivity index (χ0n) is 16.9. The largest absolute Gasteiger partial charge is 0.335 e. The summed E-state index contributed by atoms with van der Waals surface area (Å²) in [6.45, 7) is 3.78. The first-order valence-corrected chi connectivity index (χ1v) is 12.8. The SMILES string of the molecule is O=C(c1cc2c(nc3sccn32)s1)N1CCN(Cc2csc(-c3ccc(F)cc3)n2)CC1. The van der Waals surface area contributed by atoms with Gasteiger partial charge in [0, 0.05) is 55.2 Å². The summed E-state index contributed by atoms with van der Waals surface area (Å²) in [5.74, 6) is -0.154. The molecule has 0 radical (unpaired) electrons. The molecule has 0 unspecified atom stereocenters. The zero-order valence-corrected chi connectivity index (χ0v) is 19.4. The number of rotatable bonds is 4. The van der Waals surface area contributed by atoms with E-state index in [4.69, 9.17) is 4.98 Å². The molecule has 0 aliphatic carbocycles. The number of fused-ring (bicyclic) bond motifs is 3. The number of amides is 1. The molecule has 10 heteroatoms. The van der Waals surface area contributed by atoms with E-state index < -0.39 is 0 Å². The summed E-state index contributed by atoms with van der Waals surface area (Å²) in [5.41, 5.74) is 2.95. The van der Waals surface area contributed by atoms with Gasteiger partial charge in [-0.3, -0.25) is 14.1 Å². The van der Waals surface area contributed by atoms with Gasteiger partial charge < -0.3 is 4.90 Å². The molecule has 5 aromatic rings. The van der Waals surface area contributed by atoms with Crippen molar-refractivity contribution in [1.82, 2.24) is 24.2 Å². The fourth-order valence-electron chi connectivity index (χ4n) is 3.95. The number of thiophene rings is 1. The summed E-state index contributed by atoms with van der Waals surface area (Å²) in [5, 5.41) is 4.96. The average Bonchev–Trinajstić information content (AvgIpc) is 3.57. The Balaban J connectivity index is 1.09. The van der Waals surface area contributed by atoms with Crippen LogP contribution in [0.1, 0.15) is 15.4 Å². The van der Waals surface area contributed by atoms with Crippen molar-refractivity contribution in [3.8, 4) is 10.6 Å². The minimum absolute atomic E-state index is 0.0869. The van der Waals surface area contributed by atoms with Crippen molar-refractivity contribution in [2.24, 2.45) is 0 Å². The third kappa shape index (κ3) is 3.62. The average molecular weight is 484 g/mol. The van der Waals surface area contributed by atoms with E-state index in [1.807, 2.05) is 26.9 Å². The number of carbonyl (C=O) groups is 1. The number of hydrogen-bond acceptors (Lipinski definition) is 7. The van der Waals surface area contributed by atoms with Gasteiger partial charge in [-0.15, -0.1) is 34.0 Å². The Hall–Kier alpha value is -2.66. The molecule has 6 nitrogen and oxygen atoms in total. The van der Waals surface area contributed by atoms with Crippen LogP contribution < -0.4 is 0 Å². The molecule has 1 amide bonds. The Labute approximate surface area is 195 Å². The Bertz CT molecular complexity index is 1410. The Morgan fingerprint density at radius 3 is 2.69 bits per heavy atom. The summed E-state index contributed by atoms with van der Waals surface area (Å²) in [6.07, 6.45) is 2.00. The second-order valence-corrected chi connectivity index (χ2v) is 10.4. The molecule has 0 N–H and O–H groups in total. The molecule has 0 saturated carbocycles. The van der Waals surface area contributed by atoms with Crippen LogP contribution in [0.15, 0.2) is 47.3 Å². The van der Waals surface area contributed by atoms with E-state index in [1.165, 1.54) is 23.5 Å². The fourth-order valence-corrected chi connectivity index (χ4v) is 6.54. The van der Waals surface area contributed by atoms with Gasteiger partial charge in [-0.2, -0.15) is 0 Å². The first-order valence-electron chi connectivity index (χ1n) is 10.2. The molecule has 162 valence electrons. The highest BCUT2D eigenvalue weighted by molar-refractivity contribution is 7.21. The number of aromatic nitrogens is 3. The number of hydrogen-bond donors (Lipinski definition) is 0. The van der Waals surface area contributed by atoms with E-state index >= 15 is 0 Å². The quantitative estimate of drug-likeness (QED) is 0.367.